The quantitative estimate of drug-likeness (QED) is 0.266. The van der Waals surface area contributed by atoms with Crippen LogP contribution in [0.15, 0.2) is 25.3 Å². The van der Waals surface area contributed by atoms with E-state index >= 15 is 0 Å². The number of nitrogens with one attached hydrogen (secondary N) is 1. The lowest BCUT2D eigenvalue weighted by Crippen LogP contribution is -2.27. The standard InChI is InChI=1S/C4H13N3.2C3H5NO/c5-1-3-7-4-2-6;2*1-2-3(4)5/h7H,1-6H2;2*2H,1H2,(H2,4,5). The highest BCUT2D eigenvalue weighted by atomic mass is 16.1. The minimum absolute atomic E-state index is 0.481. The number of nitrogens with two attached hydrogens (primary N) is 4. The van der Waals surface area contributed by atoms with E-state index < -0.39 is 11.8 Å². The maximum absolute atomic E-state index is 9.47. The van der Waals surface area contributed by atoms with E-state index in [9.17, 15) is 9.59 Å². The van der Waals surface area contributed by atoms with Gasteiger partial charge in [0.25, 0.3) is 0 Å². The third kappa shape index (κ3) is 54.5. The maximum Gasteiger partial charge on any atom is 0.240 e. The molecule has 7 heteroatoms. The van der Waals surface area contributed by atoms with Crippen molar-refractivity contribution in [3.8, 4) is 0 Å². The third-order valence-electron chi connectivity index (χ3n) is 1.04. The smallest absolute Gasteiger partial charge is 0.240 e. The molecule has 0 aromatic rings. The van der Waals surface area contributed by atoms with E-state index in [1.54, 1.807) is 0 Å². The topological polar surface area (TPSA) is 150 Å². The molecule has 0 atom stereocenters. The average Bonchev–Trinajstić information content (AvgIpc) is 2.31. The van der Waals surface area contributed by atoms with Gasteiger partial charge in [0.05, 0.1) is 0 Å². The molecule has 2 amide bonds. The molecule has 0 heterocycles. The largest absolute Gasteiger partial charge is 0.366 e. The zero-order valence-electron chi connectivity index (χ0n) is 10.0. The van der Waals surface area contributed by atoms with Gasteiger partial charge in [-0.05, 0) is 12.2 Å². The van der Waals surface area contributed by atoms with E-state index in [0.29, 0.717) is 13.1 Å². The minimum Gasteiger partial charge on any atom is -0.366 e. The van der Waals surface area contributed by atoms with Crippen LogP contribution in [0.2, 0.25) is 0 Å². The Bertz CT molecular complexity index is 197. The van der Waals surface area contributed by atoms with E-state index in [-0.39, 0.29) is 0 Å². The summed E-state index contributed by atoms with van der Waals surface area (Å²) in [5.41, 5.74) is 19.4. The molecule has 0 aliphatic rings. The number of amides is 2. The van der Waals surface area contributed by atoms with Crippen LogP contribution in [0.25, 0.3) is 0 Å². The summed E-state index contributed by atoms with van der Waals surface area (Å²) in [4.78, 5) is 18.9. The molecule has 0 unspecified atom stereocenters. The Morgan fingerprint density at radius 3 is 1.29 bits per heavy atom. The average molecular weight is 245 g/mol. The van der Waals surface area contributed by atoms with Crippen LogP contribution in [-0.4, -0.2) is 38.0 Å². The first-order valence-corrected chi connectivity index (χ1v) is 4.90. The van der Waals surface area contributed by atoms with Crippen molar-refractivity contribution in [1.82, 2.24) is 5.32 Å². The molecule has 0 saturated heterocycles. The highest BCUT2D eigenvalue weighted by Gasteiger charge is 1.76. The lowest BCUT2D eigenvalue weighted by molar-refractivity contribution is -0.114. The van der Waals surface area contributed by atoms with Crippen LogP contribution in [-0.2, 0) is 9.59 Å². The molecular formula is C10H23N5O2. The number of primary amides is 2. The van der Waals surface area contributed by atoms with Crippen molar-refractivity contribution in [3.63, 3.8) is 0 Å². The first-order chi connectivity index (χ1) is 7.95. The first kappa shape index (κ1) is 20.7. The number of carbonyl (C=O) groups is 2. The summed E-state index contributed by atoms with van der Waals surface area (Å²) in [5.74, 6) is -0.963. The fourth-order valence-corrected chi connectivity index (χ4v) is 0.329. The fraction of sp³-hybridized carbons (Fsp3) is 0.400. The highest BCUT2D eigenvalue weighted by Crippen LogP contribution is 1.49. The normalized spacial score (nSPS) is 7.65. The van der Waals surface area contributed by atoms with E-state index in [1.165, 1.54) is 0 Å². The van der Waals surface area contributed by atoms with Crippen LogP contribution in [0, 0.1) is 0 Å². The van der Waals surface area contributed by atoms with Gasteiger partial charge in [0.1, 0.15) is 0 Å². The van der Waals surface area contributed by atoms with Gasteiger partial charge >= 0.3 is 0 Å². The van der Waals surface area contributed by atoms with Crippen molar-refractivity contribution in [1.29, 1.82) is 0 Å². The van der Waals surface area contributed by atoms with Gasteiger partial charge in [-0.1, -0.05) is 13.2 Å². The van der Waals surface area contributed by atoms with Crippen LogP contribution in [0.5, 0.6) is 0 Å². The van der Waals surface area contributed by atoms with E-state index in [4.69, 9.17) is 11.5 Å². The zero-order chi connectivity index (χ0) is 14.1. The summed E-state index contributed by atoms with van der Waals surface area (Å²) >= 11 is 0. The Morgan fingerprint density at radius 2 is 1.18 bits per heavy atom. The fourth-order valence-electron chi connectivity index (χ4n) is 0.329. The van der Waals surface area contributed by atoms with Gasteiger partial charge in [-0.2, -0.15) is 0 Å². The molecular weight excluding hydrogens is 222 g/mol. The molecule has 7 nitrogen and oxygen atoms in total. The second-order valence-corrected chi connectivity index (χ2v) is 2.54. The van der Waals surface area contributed by atoms with Gasteiger partial charge in [-0.3, -0.25) is 9.59 Å². The summed E-state index contributed by atoms with van der Waals surface area (Å²) < 4.78 is 0. The molecule has 17 heavy (non-hydrogen) atoms. The zero-order valence-corrected chi connectivity index (χ0v) is 10.0. The number of carbonyl (C=O) groups excluding carboxylic acids is 2. The van der Waals surface area contributed by atoms with Gasteiger partial charge < -0.3 is 28.3 Å². The molecule has 0 rings (SSSR count). The molecule has 0 aromatic carbocycles. The number of hydrogen-bond acceptors (Lipinski definition) is 5. The summed E-state index contributed by atoms with van der Waals surface area (Å²) in [6.45, 7) is 9.30. The predicted molar refractivity (Wildman–Crippen MR) is 69.8 cm³/mol. The van der Waals surface area contributed by atoms with Gasteiger partial charge in [0, 0.05) is 26.2 Å². The maximum atomic E-state index is 9.47. The molecule has 0 aliphatic carbocycles. The molecule has 100 valence electrons. The van der Waals surface area contributed by atoms with Crippen LogP contribution in [0.3, 0.4) is 0 Å². The van der Waals surface area contributed by atoms with E-state index in [1.807, 2.05) is 0 Å². The van der Waals surface area contributed by atoms with E-state index in [2.05, 4.69) is 29.9 Å². The summed E-state index contributed by atoms with van der Waals surface area (Å²) in [6, 6.07) is 0. The van der Waals surface area contributed by atoms with Crippen molar-refractivity contribution in [3.05, 3.63) is 25.3 Å². The molecule has 0 aromatic heterocycles. The Morgan fingerprint density at radius 1 is 0.941 bits per heavy atom. The van der Waals surface area contributed by atoms with Crippen molar-refractivity contribution >= 4 is 11.8 Å². The highest BCUT2D eigenvalue weighted by molar-refractivity contribution is 5.85. The molecule has 9 N–H and O–H groups in total. The van der Waals surface area contributed by atoms with Gasteiger partial charge in [-0.25, -0.2) is 0 Å². The second kappa shape index (κ2) is 19.8. The number of rotatable bonds is 6. The molecule has 0 radical (unpaired) electrons. The monoisotopic (exact) mass is 245 g/mol. The lowest BCUT2D eigenvalue weighted by atomic mass is 10.6. The number of hydrogen-bond donors (Lipinski definition) is 5. The lowest BCUT2D eigenvalue weighted by Gasteiger charge is -1.95. The summed E-state index contributed by atoms with van der Waals surface area (Å²) in [5, 5.41) is 3.03. The van der Waals surface area contributed by atoms with Crippen molar-refractivity contribution in [2.24, 2.45) is 22.9 Å². The first-order valence-electron chi connectivity index (χ1n) is 4.90. The van der Waals surface area contributed by atoms with Crippen molar-refractivity contribution in [2.75, 3.05) is 26.2 Å². The van der Waals surface area contributed by atoms with Gasteiger partial charge in [0.2, 0.25) is 11.8 Å². The van der Waals surface area contributed by atoms with E-state index in [0.717, 1.165) is 25.2 Å². The molecule has 0 saturated carbocycles. The van der Waals surface area contributed by atoms with Crippen molar-refractivity contribution < 1.29 is 9.59 Å². The van der Waals surface area contributed by atoms with Gasteiger partial charge in [0.15, 0.2) is 0 Å². The van der Waals surface area contributed by atoms with Crippen LogP contribution >= 0.6 is 0 Å². The van der Waals surface area contributed by atoms with Crippen LogP contribution in [0.4, 0.5) is 0 Å². The third-order valence-corrected chi connectivity index (χ3v) is 1.04. The molecule has 0 fully saturated rings. The van der Waals surface area contributed by atoms with Crippen LogP contribution in [0.1, 0.15) is 0 Å². The summed E-state index contributed by atoms with van der Waals surface area (Å²) in [6.07, 6.45) is 2.11. The SMILES string of the molecule is C=CC(N)=O.C=CC(N)=O.NCCNCCN. The minimum atomic E-state index is -0.481. The second-order valence-electron chi connectivity index (χ2n) is 2.54. The molecule has 0 spiro atoms. The Labute approximate surface area is 102 Å². The Kier molecular flexibility index (Phi) is 24.1. The summed E-state index contributed by atoms with van der Waals surface area (Å²) in [7, 11) is 0. The molecule has 0 bridgehead atoms. The van der Waals surface area contributed by atoms with Crippen LogP contribution < -0.4 is 28.3 Å². The predicted octanol–water partition coefficient (Wildman–Crippen LogP) is -2.19. The Hall–Kier alpha value is -1.70. The van der Waals surface area contributed by atoms with Gasteiger partial charge in [-0.15, -0.1) is 0 Å². The molecule has 0 aliphatic heterocycles. The van der Waals surface area contributed by atoms with Crippen molar-refractivity contribution in [2.45, 2.75) is 0 Å². The Balaban J connectivity index is -0.000000177.